The van der Waals surface area contributed by atoms with Crippen molar-refractivity contribution in [2.24, 2.45) is 0 Å². The lowest BCUT2D eigenvalue weighted by atomic mass is 9.91. The van der Waals surface area contributed by atoms with E-state index in [-0.39, 0.29) is 12.1 Å². The van der Waals surface area contributed by atoms with Crippen LogP contribution in [0.15, 0.2) is 28.7 Å². The monoisotopic (exact) mass is 341 g/mol. The van der Waals surface area contributed by atoms with Crippen molar-refractivity contribution in [2.45, 2.75) is 31.4 Å². The van der Waals surface area contributed by atoms with Crippen molar-refractivity contribution in [1.29, 1.82) is 0 Å². The van der Waals surface area contributed by atoms with E-state index in [9.17, 15) is 4.79 Å². The molecule has 1 aromatic rings. The molecule has 1 saturated heterocycles. The van der Waals surface area contributed by atoms with Crippen LogP contribution in [0.3, 0.4) is 0 Å². The van der Waals surface area contributed by atoms with Gasteiger partial charge in [-0.1, -0.05) is 28.1 Å². The summed E-state index contributed by atoms with van der Waals surface area (Å²) in [6, 6.07) is 7.69. The number of hydrogen-bond donors (Lipinski definition) is 1. The minimum atomic E-state index is -0.871. The first kappa shape index (κ1) is 15.5. The molecule has 2 rings (SSSR count). The Balaban J connectivity index is 2.18. The van der Waals surface area contributed by atoms with E-state index in [1.165, 1.54) is 7.11 Å². The maximum absolute atomic E-state index is 12.2. The number of ether oxygens (including phenoxy) is 2. The van der Waals surface area contributed by atoms with Crippen molar-refractivity contribution >= 4 is 21.9 Å². The Hall–Kier alpha value is -0.910. The molecule has 1 heterocycles. The van der Waals surface area contributed by atoms with E-state index >= 15 is 0 Å². The third kappa shape index (κ3) is 3.40. The third-order valence-electron chi connectivity index (χ3n) is 3.70. The van der Waals surface area contributed by atoms with Gasteiger partial charge in [-0.15, -0.1) is 0 Å². The predicted molar refractivity (Wildman–Crippen MR) is 80.5 cm³/mol. The number of halogens is 1. The van der Waals surface area contributed by atoms with Crippen LogP contribution in [-0.4, -0.2) is 32.3 Å². The van der Waals surface area contributed by atoms with E-state index in [1.807, 2.05) is 31.2 Å². The third-order valence-corrected chi connectivity index (χ3v) is 4.20. The molecule has 2 atom stereocenters. The Labute approximate surface area is 128 Å². The van der Waals surface area contributed by atoms with Gasteiger partial charge in [0.1, 0.15) is 5.54 Å². The van der Waals surface area contributed by atoms with E-state index in [1.54, 1.807) is 0 Å². The molecular formula is C15H20BrNO3. The standard InChI is InChI=1S/C15H20BrNO3/c1-15(14(18)19-2,11-5-3-6-12(16)9-11)17-10-13-7-4-8-20-13/h3,5-6,9,13,17H,4,7-8,10H2,1-2H3. The van der Waals surface area contributed by atoms with Crippen molar-refractivity contribution < 1.29 is 14.3 Å². The largest absolute Gasteiger partial charge is 0.467 e. The number of rotatable bonds is 5. The molecule has 1 aromatic carbocycles. The van der Waals surface area contributed by atoms with Crippen LogP contribution in [0.25, 0.3) is 0 Å². The maximum atomic E-state index is 12.2. The van der Waals surface area contributed by atoms with Crippen LogP contribution < -0.4 is 5.32 Å². The molecule has 20 heavy (non-hydrogen) atoms. The van der Waals surface area contributed by atoms with E-state index in [0.717, 1.165) is 29.5 Å². The first-order valence-electron chi connectivity index (χ1n) is 6.77. The summed E-state index contributed by atoms with van der Waals surface area (Å²) in [5.41, 5.74) is 0.00141. The van der Waals surface area contributed by atoms with Gasteiger partial charge in [0.2, 0.25) is 0 Å². The summed E-state index contributed by atoms with van der Waals surface area (Å²) in [6.45, 7) is 3.28. The molecule has 0 aromatic heterocycles. The fourth-order valence-electron chi connectivity index (χ4n) is 2.42. The second-order valence-electron chi connectivity index (χ2n) is 5.14. The number of nitrogens with one attached hydrogen (secondary N) is 1. The summed E-state index contributed by atoms with van der Waals surface area (Å²) < 4.78 is 11.5. The highest BCUT2D eigenvalue weighted by Crippen LogP contribution is 2.26. The molecule has 0 radical (unpaired) electrons. The molecule has 1 aliphatic heterocycles. The topological polar surface area (TPSA) is 47.6 Å². The normalized spacial score (nSPS) is 21.4. The number of methoxy groups -OCH3 is 1. The SMILES string of the molecule is COC(=O)C(C)(NCC1CCCO1)c1cccc(Br)c1. The molecule has 2 unspecified atom stereocenters. The Kier molecular flexibility index (Phi) is 5.18. The van der Waals surface area contributed by atoms with Gasteiger partial charge < -0.3 is 9.47 Å². The van der Waals surface area contributed by atoms with Gasteiger partial charge in [0.15, 0.2) is 0 Å². The summed E-state index contributed by atoms with van der Waals surface area (Å²) >= 11 is 3.44. The maximum Gasteiger partial charge on any atom is 0.330 e. The van der Waals surface area contributed by atoms with Crippen molar-refractivity contribution in [2.75, 3.05) is 20.3 Å². The average molecular weight is 342 g/mol. The van der Waals surface area contributed by atoms with Crippen LogP contribution in [0, 0.1) is 0 Å². The van der Waals surface area contributed by atoms with Gasteiger partial charge in [-0.05, 0) is 37.5 Å². The molecule has 4 nitrogen and oxygen atoms in total. The van der Waals surface area contributed by atoms with Crippen LogP contribution in [0.1, 0.15) is 25.3 Å². The van der Waals surface area contributed by atoms with Crippen LogP contribution in [0.4, 0.5) is 0 Å². The fraction of sp³-hybridized carbons (Fsp3) is 0.533. The zero-order valence-electron chi connectivity index (χ0n) is 11.8. The van der Waals surface area contributed by atoms with Gasteiger partial charge in [0.25, 0.3) is 0 Å². The van der Waals surface area contributed by atoms with E-state index in [4.69, 9.17) is 9.47 Å². The molecule has 0 bridgehead atoms. The second-order valence-corrected chi connectivity index (χ2v) is 6.06. The van der Waals surface area contributed by atoms with Crippen LogP contribution >= 0.6 is 15.9 Å². The van der Waals surface area contributed by atoms with Gasteiger partial charge in [-0.3, -0.25) is 5.32 Å². The highest BCUT2D eigenvalue weighted by molar-refractivity contribution is 9.10. The lowest BCUT2D eigenvalue weighted by Crippen LogP contribution is -2.49. The first-order valence-corrected chi connectivity index (χ1v) is 7.56. The number of carbonyl (C=O) groups is 1. The molecule has 1 N–H and O–H groups in total. The molecule has 0 spiro atoms. The summed E-state index contributed by atoms with van der Waals surface area (Å²) in [6.07, 6.45) is 2.28. The molecule has 1 aliphatic rings. The lowest BCUT2D eigenvalue weighted by Gasteiger charge is -2.30. The quantitative estimate of drug-likeness (QED) is 0.836. The van der Waals surface area contributed by atoms with Crippen LogP contribution in [-0.2, 0) is 19.8 Å². The summed E-state index contributed by atoms with van der Waals surface area (Å²) in [5.74, 6) is -0.298. The molecule has 0 amide bonds. The Morgan fingerprint density at radius 3 is 3.00 bits per heavy atom. The number of carbonyl (C=O) groups excluding carboxylic acids is 1. The minimum Gasteiger partial charge on any atom is -0.467 e. The summed E-state index contributed by atoms with van der Waals surface area (Å²) in [7, 11) is 1.41. The Morgan fingerprint density at radius 2 is 2.40 bits per heavy atom. The van der Waals surface area contributed by atoms with Gasteiger partial charge in [-0.2, -0.15) is 0 Å². The zero-order chi connectivity index (χ0) is 14.6. The minimum absolute atomic E-state index is 0.172. The lowest BCUT2D eigenvalue weighted by molar-refractivity contribution is -0.148. The van der Waals surface area contributed by atoms with Gasteiger partial charge in [0, 0.05) is 17.6 Å². The molecular weight excluding hydrogens is 322 g/mol. The van der Waals surface area contributed by atoms with Crippen molar-refractivity contribution in [1.82, 2.24) is 5.32 Å². The summed E-state index contributed by atoms with van der Waals surface area (Å²) in [4.78, 5) is 12.2. The van der Waals surface area contributed by atoms with E-state index in [0.29, 0.717) is 6.54 Å². The number of benzene rings is 1. The Bertz CT molecular complexity index is 474. The smallest absolute Gasteiger partial charge is 0.330 e. The molecule has 0 aliphatic carbocycles. The van der Waals surface area contributed by atoms with Crippen molar-refractivity contribution in [3.63, 3.8) is 0 Å². The average Bonchev–Trinajstić information content (AvgIpc) is 2.97. The van der Waals surface area contributed by atoms with Gasteiger partial charge in [-0.25, -0.2) is 4.79 Å². The predicted octanol–water partition coefficient (Wildman–Crippen LogP) is 2.61. The molecule has 0 saturated carbocycles. The first-order chi connectivity index (χ1) is 9.56. The van der Waals surface area contributed by atoms with Crippen LogP contribution in [0.2, 0.25) is 0 Å². The Morgan fingerprint density at radius 1 is 1.60 bits per heavy atom. The zero-order valence-corrected chi connectivity index (χ0v) is 13.4. The van der Waals surface area contributed by atoms with Gasteiger partial charge in [0.05, 0.1) is 13.2 Å². The second kappa shape index (κ2) is 6.70. The highest BCUT2D eigenvalue weighted by Gasteiger charge is 2.37. The van der Waals surface area contributed by atoms with Gasteiger partial charge >= 0.3 is 5.97 Å². The number of esters is 1. The van der Waals surface area contributed by atoms with E-state index in [2.05, 4.69) is 21.2 Å². The molecule has 110 valence electrons. The summed E-state index contributed by atoms with van der Waals surface area (Å²) in [5, 5.41) is 3.31. The molecule has 5 heteroatoms. The molecule has 1 fully saturated rings. The highest BCUT2D eigenvalue weighted by atomic mass is 79.9. The number of hydrogen-bond acceptors (Lipinski definition) is 4. The van der Waals surface area contributed by atoms with Crippen LogP contribution in [0.5, 0.6) is 0 Å². The fourth-order valence-corrected chi connectivity index (χ4v) is 2.82. The van der Waals surface area contributed by atoms with Crippen molar-refractivity contribution in [3.8, 4) is 0 Å². The van der Waals surface area contributed by atoms with Crippen molar-refractivity contribution in [3.05, 3.63) is 34.3 Å². The van der Waals surface area contributed by atoms with E-state index < -0.39 is 5.54 Å².